The maximum absolute atomic E-state index is 12.6. The average molecular weight is 283 g/mol. The largest absolute Gasteiger partial charge is 0.458 e. The number of carbonyl (C=O) groups excluding carboxylic acids is 2. The van der Waals surface area contributed by atoms with Crippen molar-refractivity contribution >= 4 is 11.9 Å². The quantitative estimate of drug-likeness (QED) is 0.724. The maximum atomic E-state index is 12.6. The minimum Gasteiger partial charge on any atom is -0.458 e. The number of nitrogens with zero attached hydrogens (tertiary/aromatic N) is 1. The molecule has 5 heteroatoms. The zero-order valence-corrected chi connectivity index (χ0v) is 12.8. The van der Waals surface area contributed by atoms with E-state index in [1.807, 2.05) is 27.7 Å². The van der Waals surface area contributed by atoms with Crippen LogP contribution in [0.4, 0.5) is 0 Å². The van der Waals surface area contributed by atoms with Gasteiger partial charge < -0.3 is 14.4 Å². The van der Waals surface area contributed by atoms with E-state index >= 15 is 0 Å². The lowest BCUT2D eigenvalue weighted by Crippen LogP contribution is -2.46. The van der Waals surface area contributed by atoms with Crippen LogP contribution in [0.1, 0.15) is 47.0 Å². The second-order valence-electron chi connectivity index (χ2n) is 6.69. The molecule has 2 aliphatic rings. The molecule has 2 rings (SSSR count). The summed E-state index contributed by atoms with van der Waals surface area (Å²) in [6.45, 7) is 8.74. The first-order chi connectivity index (χ1) is 9.29. The molecule has 0 N–H and O–H groups in total. The highest BCUT2D eigenvalue weighted by Gasteiger charge is 2.42. The lowest BCUT2D eigenvalue weighted by atomic mass is 10.0. The molecule has 0 aromatic carbocycles. The number of hydrogen-bond donors (Lipinski definition) is 0. The Morgan fingerprint density at radius 3 is 2.50 bits per heavy atom. The smallest absolute Gasteiger partial charge is 0.329 e. The van der Waals surface area contributed by atoms with Crippen LogP contribution in [0.15, 0.2) is 0 Å². The molecule has 20 heavy (non-hydrogen) atoms. The summed E-state index contributed by atoms with van der Waals surface area (Å²) in [4.78, 5) is 26.5. The van der Waals surface area contributed by atoms with Gasteiger partial charge in [0.1, 0.15) is 11.6 Å². The molecule has 0 spiro atoms. The fraction of sp³-hybridized carbons (Fsp3) is 0.867. The summed E-state index contributed by atoms with van der Waals surface area (Å²) in [5.74, 6) is -0.351. The van der Waals surface area contributed by atoms with Crippen LogP contribution in [0.5, 0.6) is 0 Å². The molecule has 2 unspecified atom stereocenters. The molecule has 114 valence electrons. The highest BCUT2D eigenvalue weighted by molar-refractivity contribution is 5.87. The van der Waals surface area contributed by atoms with Crippen LogP contribution in [0, 0.1) is 5.92 Å². The highest BCUT2D eigenvalue weighted by Crippen LogP contribution is 2.28. The van der Waals surface area contributed by atoms with Gasteiger partial charge in [-0.15, -0.1) is 0 Å². The summed E-state index contributed by atoms with van der Waals surface area (Å²) in [6.07, 6.45) is 2.25. The number of hydrogen-bond acceptors (Lipinski definition) is 4. The number of ether oxygens (including phenoxy) is 2. The normalized spacial score (nSPS) is 30.6. The number of carbonyl (C=O) groups is 2. The standard InChI is InChI=1S/C15H25NO4/c1-10-11(7-9-19-10)13(17)16-8-5-6-12(16)14(18)20-15(2,3)4/h10-12H,5-9H2,1-4H3/t10?,11?,12-/m1/s1. The molecule has 1 amide bonds. The molecule has 0 aromatic heterocycles. The fourth-order valence-corrected chi connectivity index (χ4v) is 2.91. The summed E-state index contributed by atoms with van der Waals surface area (Å²) in [7, 11) is 0. The van der Waals surface area contributed by atoms with Gasteiger partial charge in [0, 0.05) is 13.2 Å². The number of amides is 1. The van der Waals surface area contributed by atoms with Crippen LogP contribution in [0.2, 0.25) is 0 Å². The first-order valence-electron chi connectivity index (χ1n) is 7.44. The van der Waals surface area contributed by atoms with E-state index in [9.17, 15) is 9.59 Å². The average Bonchev–Trinajstić information content (AvgIpc) is 2.93. The third-order valence-corrected chi connectivity index (χ3v) is 3.91. The molecule has 0 aliphatic carbocycles. The minimum absolute atomic E-state index is 0.0448. The Bertz CT molecular complexity index is 388. The minimum atomic E-state index is -0.516. The molecule has 0 radical (unpaired) electrons. The van der Waals surface area contributed by atoms with Crippen LogP contribution < -0.4 is 0 Å². The van der Waals surface area contributed by atoms with Gasteiger partial charge in [-0.05, 0) is 47.0 Å². The van der Waals surface area contributed by atoms with Crippen LogP contribution in [-0.2, 0) is 19.1 Å². The first kappa shape index (κ1) is 15.3. The molecular weight excluding hydrogens is 258 g/mol. The molecule has 2 saturated heterocycles. The number of likely N-dealkylation sites (tertiary alicyclic amines) is 1. The van der Waals surface area contributed by atoms with Gasteiger partial charge in [0.15, 0.2) is 0 Å². The van der Waals surface area contributed by atoms with Crippen LogP contribution in [0.3, 0.4) is 0 Å². The Balaban J connectivity index is 2.03. The van der Waals surface area contributed by atoms with Crippen molar-refractivity contribution in [2.45, 2.75) is 64.7 Å². The van der Waals surface area contributed by atoms with Crippen LogP contribution >= 0.6 is 0 Å². The molecular formula is C15H25NO4. The predicted octanol–water partition coefficient (Wildman–Crippen LogP) is 1.74. The van der Waals surface area contributed by atoms with Crippen molar-refractivity contribution in [2.75, 3.05) is 13.2 Å². The molecule has 2 heterocycles. The summed E-state index contributed by atoms with van der Waals surface area (Å²) in [5.41, 5.74) is -0.516. The zero-order valence-electron chi connectivity index (χ0n) is 12.8. The number of esters is 1. The van der Waals surface area contributed by atoms with Crippen molar-refractivity contribution in [1.82, 2.24) is 4.90 Å². The molecule has 0 bridgehead atoms. The van der Waals surface area contributed by atoms with Gasteiger partial charge in [0.25, 0.3) is 0 Å². The fourth-order valence-electron chi connectivity index (χ4n) is 2.91. The predicted molar refractivity (Wildman–Crippen MR) is 74.1 cm³/mol. The summed E-state index contributed by atoms with van der Waals surface area (Å²) in [6, 6.07) is -0.422. The van der Waals surface area contributed by atoms with E-state index in [1.54, 1.807) is 4.90 Å². The summed E-state index contributed by atoms with van der Waals surface area (Å²) >= 11 is 0. The van der Waals surface area contributed by atoms with Crippen molar-refractivity contribution in [3.05, 3.63) is 0 Å². The van der Waals surface area contributed by atoms with Crippen LogP contribution in [-0.4, -0.2) is 47.7 Å². The van der Waals surface area contributed by atoms with E-state index < -0.39 is 11.6 Å². The molecule has 2 fully saturated rings. The van der Waals surface area contributed by atoms with E-state index in [1.165, 1.54) is 0 Å². The molecule has 5 nitrogen and oxygen atoms in total. The third-order valence-electron chi connectivity index (χ3n) is 3.91. The van der Waals surface area contributed by atoms with Crippen molar-refractivity contribution in [1.29, 1.82) is 0 Å². The number of rotatable bonds is 2. The summed E-state index contributed by atoms with van der Waals surface area (Å²) < 4.78 is 10.9. The van der Waals surface area contributed by atoms with Crippen molar-refractivity contribution in [2.24, 2.45) is 5.92 Å². The second-order valence-corrected chi connectivity index (χ2v) is 6.69. The van der Waals surface area contributed by atoms with Crippen molar-refractivity contribution in [3.63, 3.8) is 0 Å². The van der Waals surface area contributed by atoms with Gasteiger partial charge in [-0.25, -0.2) is 4.79 Å². The molecule has 2 aliphatic heterocycles. The van der Waals surface area contributed by atoms with E-state index in [2.05, 4.69) is 0 Å². The van der Waals surface area contributed by atoms with E-state index in [0.717, 1.165) is 12.8 Å². The second kappa shape index (κ2) is 5.72. The Morgan fingerprint density at radius 2 is 1.95 bits per heavy atom. The van der Waals surface area contributed by atoms with Gasteiger partial charge in [-0.2, -0.15) is 0 Å². The Labute approximate surface area is 120 Å². The zero-order chi connectivity index (χ0) is 14.9. The van der Waals surface area contributed by atoms with E-state index in [-0.39, 0.29) is 23.9 Å². The Morgan fingerprint density at radius 1 is 1.25 bits per heavy atom. The van der Waals surface area contributed by atoms with Crippen molar-refractivity contribution in [3.8, 4) is 0 Å². The monoisotopic (exact) mass is 283 g/mol. The maximum Gasteiger partial charge on any atom is 0.329 e. The van der Waals surface area contributed by atoms with Gasteiger partial charge in [-0.3, -0.25) is 4.79 Å². The molecule has 0 saturated carbocycles. The van der Waals surface area contributed by atoms with Gasteiger partial charge >= 0.3 is 5.97 Å². The van der Waals surface area contributed by atoms with Crippen molar-refractivity contribution < 1.29 is 19.1 Å². The van der Waals surface area contributed by atoms with E-state index in [0.29, 0.717) is 19.6 Å². The van der Waals surface area contributed by atoms with Gasteiger partial charge in [0.2, 0.25) is 5.91 Å². The SMILES string of the molecule is CC1OCCC1C(=O)N1CCC[C@@H]1C(=O)OC(C)(C)C. The highest BCUT2D eigenvalue weighted by atomic mass is 16.6. The third kappa shape index (κ3) is 3.32. The van der Waals surface area contributed by atoms with E-state index in [4.69, 9.17) is 9.47 Å². The lowest BCUT2D eigenvalue weighted by molar-refractivity contribution is -0.164. The Hall–Kier alpha value is -1.10. The lowest BCUT2D eigenvalue weighted by Gasteiger charge is -2.29. The Kier molecular flexibility index (Phi) is 4.37. The summed E-state index contributed by atoms with van der Waals surface area (Å²) in [5, 5.41) is 0. The first-order valence-corrected chi connectivity index (χ1v) is 7.44. The van der Waals surface area contributed by atoms with Gasteiger partial charge in [0.05, 0.1) is 12.0 Å². The van der Waals surface area contributed by atoms with Crippen LogP contribution in [0.25, 0.3) is 0 Å². The topological polar surface area (TPSA) is 55.8 Å². The van der Waals surface area contributed by atoms with Gasteiger partial charge in [-0.1, -0.05) is 0 Å². The molecule has 3 atom stereocenters. The molecule has 0 aromatic rings.